The first-order valence-electron chi connectivity index (χ1n) is 6.45. The fraction of sp³-hybridized carbons (Fsp3) is 0.250. The highest BCUT2D eigenvalue weighted by Crippen LogP contribution is 2.15. The molecule has 1 aromatic heterocycles. The molecule has 0 spiro atoms. The predicted molar refractivity (Wildman–Crippen MR) is 80.1 cm³/mol. The molecule has 102 valence electrons. The van der Waals surface area contributed by atoms with Gasteiger partial charge in [0.15, 0.2) is 0 Å². The number of imidazole rings is 1. The van der Waals surface area contributed by atoms with Crippen molar-refractivity contribution in [3.8, 4) is 12.3 Å². The van der Waals surface area contributed by atoms with Crippen LogP contribution in [-0.2, 0) is 17.8 Å². The summed E-state index contributed by atoms with van der Waals surface area (Å²) in [4.78, 5) is 16.0. The van der Waals surface area contributed by atoms with Crippen LogP contribution in [0, 0.1) is 12.3 Å². The van der Waals surface area contributed by atoms with Crippen molar-refractivity contribution in [2.75, 3.05) is 6.54 Å². The molecule has 0 saturated carbocycles. The number of nitrogens with zero attached hydrogens (tertiary/aromatic N) is 2. The van der Waals surface area contributed by atoms with Crippen molar-refractivity contribution in [1.29, 1.82) is 0 Å². The molecule has 0 atom stereocenters. The van der Waals surface area contributed by atoms with Gasteiger partial charge in [-0.1, -0.05) is 24.6 Å². The van der Waals surface area contributed by atoms with Gasteiger partial charge in [-0.3, -0.25) is 4.79 Å². The molecule has 2 rings (SSSR count). The van der Waals surface area contributed by atoms with Crippen molar-refractivity contribution < 1.29 is 4.79 Å². The van der Waals surface area contributed by atoms with Gasteiger partial charge in [0.05, 0.1) is 17.6 Å². The van der Waals surface area contributed by atoms with Crippen molar-refractivity contribution in [2.24, 2.45) is 0 Å². The summed E-state index contributed by atoms with van der Waals surface area (Å²) < 4.78 is 2.00. The van der Waals surface area contributed by atoms with E-state index in [1.165, 1.54) is 0 Å². The topological polar surface area (TPSA) is 46.9 Å². The highest BCUT2D eigenvalue weighted by Gasteiger charge is 2.09. The molecule has 1 N–H and O–H groups in total. The highest BCUT2D eigenvalue weighted by atomic mass is 16.1. The maximum atomic E-state index is 11.4. The summed E-state index contributed by atoms with van der Waals surface area (Å²) in [5, 5.41) is 2.80. The molecule has 0 aliphatic carbocycles. The zero-order valence-electron chi connectivity index (χ0n) is 11.5. The molecule has 0 aliphatic heterocycles. The van der Waals surface area contributed by atoms with Crippen molar-refractivity contribution in [2.45, 2.75) is 19.9 Å². The fourth-order valence-electron chi connectivity index (χ4n) is 2.02. The van der Waals surface area contributed by atoms with E-state index in [0.29, 0.717) is 25.1 Å². The maximum Gasteiger partial charge on any atom is 0.246 e. The van der Waals surface area contributed by atoms with Crippen LogP contribution in [0.3, 0.4) is 0 Å². The molecule has 4 nitrogen and oxygen atoms in total. The summed E-state index contributed by atoms with van der Waals surface area (Å²) in [6, 6.07) is 7.86. The Labute approximate surface area is 118 Å². The van der Waals surface area contributed by atoms with E-state index in [0.717, 1.165) is 16.9 Å². The lowest BCUT2D eigenvalue weighted by atomic mass is 10.3. The molecular weight excluding hydrogens is 250 g/mol. The van der Waals surface area contributed by atoms with Crippen molar-refractivity contribution in [1.82, 2.24) is 14.9 Å². The minimum Gasteiger partial charge on any atom is -0.352 e. The zero-order valence-corrected chi connectivity index (χ0v) is 11.5. The van der Waals surface area contributed by atoms with Gasteiger partial charge in [-0.15, -0.1) is 6.42 Å². The Morgan fingerprint density at radius 3 is 2.95 bits per heavy atom. The smallest absolute Gasteiger partial charge is 0.246 e. The number of para-hydroxylation sites is 2. The number of benzene rings is 1. The summed E-state index contributed by atoms with van der Waals surface area (Å²) in [6.45, 7) is 6.28. The minimum absolute atomic E-state index is 0.135. The molecule has 0 saturated heterocycles. The van der Waals surface area contributed by atoms with Crippen LogP contribution < -0.4 is 5.32 Å². The number of hydrogen-bond donors (Lipinski definition) is 1. The molecular formula is C16H17N3O. The van der Waals surface area contributed by atoms with Gasteiger partial charge in [0, 0.05) is 18.5 Å². The Hall–Kier alpha value is -2.54. The Morgan fingerprint density at radius 2 is 2.25 bits per heavy atom. The predicted octanol–water partition coefficient (Wildman–Crippen LogP) is 1.90. The number of terminal acetylenes is 1. The number of fused-ring (bicyclic) bond motifs is 1. The van der Waals surface area contributed by atoms with E-state index in [4.69, 9.17) is 6.42 Å². The van der Waals surface area contributed by atoms with Gasteiger partial charge in [0.25, 0.3) is 0 Å². The van der Waals surface area contributed by atoms with Crippen LogP contribution in [0.15, 0.2) is 36.4 Å². The number of rotatable bonds is 5. The van der Waals surface area contributed by atoms with E-state index in [1.807, 2.05) is 28.8 Å². The maximum absolute atomic E-state index is 11.4. The molecule has 1 amide bonds. The van der Waals surface area contributed by atoms with Crippen LogP contribution in [0.25, 0.3) is 11.0 Å². The van der Waals surface area contributed by atoms with Gasteiger partial charge in [0.2, 0.25) is 5.91 Å². The van der Waals surface area contributed by atoms with E-state index in [9.17, 15) is 4.79 Å². The largest absolute Gasteiger partial charge is 0.352 e. The van der Waals surface area contributed by atoms with E-state index in [1.54, 1.807) is 6.92 Å². The molecule has 1 heterocycles. The number of amides is 1. The SMILES string of the molecule is C#CCn1c(CCNC(=O)C(=C)C)nc2ccccc21. The summed E-state index contributed by atoms with van der Waals surface area (Å²) in [5.74, 6) is 3.39. The van der Waals surface area contributed by atoms with Crippen LogP contribution in [0.2, 0.25) is 0 Å². The molecule has 4 heteroatoms. The molecule has 0 aliphatic rings. The first kappa shape index (κ1) is 13.9. The number of carbonyl (C=O) groups is 1. The molecule has 0 bridgehead atoms. The number of nitrogens with one attached hydrogen (secondary N) is 1. The first-order valence-corrected chi connectivity index (χ1v) is 6.45. The molecule has 20 heavy (non-hydrogen) atoms. The van der Waals surface area contributed by atoms with Crippen LogP contribution in [0.5, 0.6) is 0 Å². The normalized spacial score (nSPS) is 10.2. The van der Waals surface area contributed by atoms with Crippen LogP contribution in [-0.4, -0.2) is 22.0 Å². The van der Waals surface area contributed by atoms with Gasteiger partial charge < -0.3 is 9.88 Å². The minimum atomic E-state index is -0.135. The quantitative estimate of drug-likeness (QED) is 0.664. The second-order valence-electron chi connectivity index (χ2n) is 4.59. The van der Waals surface area contributed by atoms with Crippen molar-refractivity contribution in [3.05, 3.63) is 42.2 Å². The van der Waals surface area contributed by atoms with E-state index in [2.05, 4.69) is 22.8 Å². The van der Waals surface area contributed by atoms with E-state index >= 15 is 0 Å². The van der Waals surface area contributed by atoms with Crippen LogP contribution in [0.1, 0.15) is 12.7 Å². The monoisotopic (exact) mass is 267 g/mol. The van der Waals surface area contributed by atoms with Crippen molar-refractivity contribution >= 4 is 16.9 Å². The third-order valence-electron chi connectivity index (χ3n) is 3.00. The van der Waals surface area contributed by atoms with Gasteiger partial charge >= 0.3 is 0 Å². The number of aromatic nitrogens is 2. The molecule has 0 radical (unpaired) electrons. The van der Waals surface area contributed by atoms with Gasteiger partial charge in [-0.05, 0) is 19.1 Å². The Kier molecular flexibility index (Phi) is 4.21. The lowest BCUT2D eigenvalue weighted by Gasteiger charge is -2.07. The average molecular weight is 267 g/mol. The summed E-state index contributed by atoms with van der Waals surface area (Å²) in [5.41, 5.74) is 2.44. The average Bonchev–Trinajstić information content (AvgIpc) is 2.77. The molecule has 0 unspecified atom stereocenters. The third-order valence-corrected chi connectivity index (χ3v) is 3.00. The Bertz CT molecular complexity index is 691. The lowest BCUT2D eigenvalue weighted by molar-refractivity contribution is -0.117. The van der Waals surface area contributed by atoms with Crippen LogP contribution in [0.4, 0.5) is 0 Å². The molecule has 0 fully saturated rings. The van der Waals surface area contributed by atoms with E-state index < -0.39 is 0 Å². The summed E-state index contributed by atoms with van der Waals surface area (Å²) >= 11 is 0. The molecule has 1 aromatic carbocycles. The Morgan fingerprint density at radius 1 is 1.50 bits per heavy atom. The number of carbonyl (C=O) groups excluding carboxylic acids is 1. The summed E-state index contributed by atoms with van der Waals surface area (Å²) in [6.07, 6.45) is 6.05. The lowest BCUT2D eigenvalue weighted by Crippen LogP contribution is -2.26. The Balaban J connectivity index is 2.17. The number of hydrogen-bond acceptors (Lipinski definition) is 2. The second kappa shape index (κ2) is 6.07. The standard InChI is InChI=1S/C16H17N3O/c1-4-11-19-14-8-6-5-7-13(14)18-15(19)9-10-17-16(20)12(2)3/h1,5-8H,2,9-11H2,3H3,(H,17,20). The fourth-order valence-corrected chi connectivity index (χ4v) is 2.02. The highest BCUT2D eigenvalue weighted by molar-refractivity contribution is 5.92. The summed E-state index contributed by atoms with van der Waals surface area (Å²) in [7, 11) is 0. The first-order chi connectivity index (χ1) is 9.63. The van der Waals surface area contributed by atoms with Crippen LogP contribution >= 0.6 is 0 Å². The van der Waals surface area contributed by atoms with Gasteiger partial charge in [-0.2, -0.15) is 0 Å². The van der Waals surface area contributed by atoms with E-state index in [-0.39, 0.29) is 5.91 Å². The molecule has 2 aromatic rings. The van der Waals surface area contributed by atoms with Gasteiger partial charge in [0.1, 0.15) is 5.82 Å². The third kappa shape index (κ3) is 2.89. The van der Waals surface area contributed by atoms with Crippen molar-refractivity contribution in [3.63, 3.8) is 0 Å². The van der Waals surface area contributed by atoms with Gasteiger partial charge in [-0.25, -0.2) is 4.98 Å². The zero-order chi connectivity index (χ0) is 14.5. The second-order valence-corrected chi connectivity index (χ2v) is 4.59.